The molecule has 5 heteroatoms. The number of rotatable bonds is 2. The first-order chi connectivity index (χ1) is 6.54. The average Bonchev–Trinajstić information content (AvgIpc) is 2.14. The van der Waals surface area contributed by atoms with Crippen molar-refractivity contribution < 1.29 is 23.4 Å². The van der Waals surface area contributed by atoms with Crippen LogP contribution in [0.3, 0.4) is 0 Å². The van der Waals surface area contributed by atoms with Gasteiger partial charge in [0.15, 0.2) is 6.10 Å². The minimum Gasteiger partial charge on any atom is -0.467 e. The van der Waals surface area contributed by atoms with Crippen LogP contribution in [-0.2, 0) is 9.53 Å². The van der Waals surface area contributed by atoms with Crippen molar-refractivity contribution in [2.75, 3.05) is 7.11 Å². The van der Waals surface area contributed by atoms with Crippen LogP contribution in [-0.4, -0.2) is 18.2 Å². The second-order valence-corrected chi connectivity index (χ2v) is 2.63. The van der Waals surface area contributed by atoms with Crippen LogP contribution in [0, 0.1) is 11.6 Å². The summed E-state index contributed by atoms with van der Waals surface area (Å²) in [6.45, 7) is 0. The predicted octanol–water partition coefficient (Wildman–Crippen LogP) is 1.17. The molecule has 0 aliphatic heterocycles. The Morgan fingerprint density at radius 2 is 1.86 bits per heavy atom. The summed E-state index contributed by atoms with van der Waals surface area (Å²) in [5, 5.41) is 9.23. The lowest BCUT2D eigenvalue weighted by Crippen LogP contribution is -2.13. The van der Waals surface area contributed by atoms with Crippen molar-refractivity contribution in [2.24, 2.45) is 0 Å². The molecule has 1 N–H and O–H groups in total. The fourth-order valence-corrected chi connectivity index (χ4v) is 0.981. The minimum atomic E-state index is -1.66. The van der Waals surface area contributed by atoms with Gasteiger partial charge in [-0.15, -0.1) is 0 Å². The van der Waals surface area contributed by atoms with E-state index in [0.29, 0.717) is 6.07 Å². The van der Waals surface area contributed by atoms with Crippen LogP contribution in [0.25, 0.3) is 0 Å². The lowest BCUT2D eigenvalue weighted by molar-refractivity contribution is -0.150. The van der Waals surface area contributed by atoms with E-state index in [1.54, 1.807) is 0 Å². The summed E-state index contributed by atoms with van der Waals surface area (Å²) < 4.78 is 29.5. The summed E-state index contributed by atoms with van der Waals surface area (Å²) in [6.07, 6.45) is -1.66. The molecule has 0 saturated carbocycles. The maximum Gasteiger partial charge on any atom is 0.339 e. The highest BCUT2D eigenvalue weighted by molar-refractivity contribution is 5.76. The van der Waals surface area contributed by atoms with E-state index >= 15 is 0 Å². The Kier molecular flexibility index (Phi) is 3.14. The van der Waals surface area contributed by atoms with E-state index in [2.05, 4.69) is 4.74 Å². The average molecular weight is 202 g/mol. The number of carbonyl (C=O) groups is 1. The van der Waals surface area contributed by atoms with Gasteiger partial charge in [-0.25, -0.2) is 13.6 Å². The molecule has 0 spiro atoms. The van der Waals surface area contributed by atoms with Crippen LogP contribution >= 0.6 is 0 Å². The summed E-state index contributed by atoms with van der Waals surface area (Å²) in [5.41, 5.74) is -0.172. The van der Waals surface area contributed by atoms with Crippen molar-refractivity contribution in [1.82, 2.24) is 0 Å². The molecule has 1 aromatic carbocycles. The van der Waals surface area contributed by atoms with Gasteiger partial charge in [0.2, 0.25) is 0 Å². The van der Waals surface area contributed by atoms with Crippen LogP contribution in [0.1, 0.15) is 11.7 Å². The van der Waals surface area contributed by atoms with Crippen LogP contribution in [0.2, 0.25) is 0 Å². The monoisotopic (exact) mass is 202 g/mol. The summed E-state index contributed by atoms with van der Waals surface area (Å²) in [5.74, 6) is -2.68. The third kappa shape index (κ3) is 2.26. The standard InChI is InChI=1S/C9H8F2O3/c1-14-9(13)8(12)5-2-6(10)4-7(11)3-5/h2-4,8,12H,1H3. The first kappa shape index (κ1) is 10.6. The number of halogens is 2. The Morgan fingerprint density at radius 1 is 1.36 bits per heavy atom. The third-order valence-corrected chi connectivity index (χ3v) is 1.63. The van der Waals surface area contributed by atoms with Gasteiger partial charge in [0, 0.05) is 6.07 Å². The fourth-order valence-electron chi connectivity index (χ4n) is 0.981. The number of hydrogen-bond donors (Lipinski definition) is 1. The Balaban J connectivity index is 3.00. The van der Waals surface area contributed by atoms with Crippen LogP contribution in [0.4, 0.5) is 8.78 Å². The Bertz CT molecular complexity index is 332. The molecule has 0 saturated heterocycles. The number of aliphatic hydroxyl groups excluding tert-OH is 1. The van der Waals surface area contributed by atoms with E-state index < -0.39 is 23.7 Å². The van der Waals surface area contributed by atoms with Crippen molar-refractivity contribution in [1.29, 1.82) is 0 Å². The number of hydrogen-bond acceptors (Lipinski definition) is 3. The van der Waals surface area contributed by atoms with Crippen molar-refractivity contribution >= 4 is 5.97 Å². The van der Waals surface area contributed by atoms with Gasteiger partial charge in [0.05, 0.1) is 7.11 Å². The molecule has 1 unspecified atom stereocenters. The molecular weight excluding hydrogens is 194 g/mol. The zero-order valence-corrected chi connectivity index (χ0v) is 7.33. The first-order valence-electron chi connectivity index (χ1n) is 3.76. The molecule has 3 nitrogen and oxygen atoms in total. The summed E-state index contributed by atoms with van der Waals surface area (Å²) in [7, 11) is 1.07. The number of esters is 1. The molecule has 14 heavy (non-hydrogen) atoms. The molecule has 76 valence electrons. The van der Waals surface area contributed by atoms with E-state index in [1.165, 1.54) is 0 Å². The molecule has 0 radical (unpaired) electrons. The van der Waals surface area contributed by atoms with Crippen molar-refractivity contribution in [2.45, 2.75) is 6.10 Å². The molecule has 1 rings (SSSR count). The second kappa shape index (κ2) is 4.15. The molecule has 1 atom stereocenters. The molecular formula is C9H8F2O3. The minimum absolute atomic E-state index is 0.172. The third-order valence-electron chi connectivity index (χ3n) is 1.63. The van der Waals surface area contributed by atoms with Gasteiger partial charge in [0.25, 0.3) is 0 Å². The predicted molar refractivity (Wildman–Crippen MR) is 43.3 cm³/mol. The molecule has 0 aromatic heterocycles. The van der Waals surface area contributed by atoms with Gasteiger partial charge in [-0.2, -0.15) is 0 Å². The summed E-state index contributed by atoms with van der Waals surface area (Å²) in [4.78, 5) is 10.8. The van der Waals surface area contributed by atoms with Crippen molar-refractivity contribution in [3.8, 4) is 0 Å². The quantitative estimate of drug-likeness (QED) is 0.732. The van der Waals surface area contributed by atoms with Crippen LogP contribution in [0.5, 0.6) is 0 Å². The number of benzene rings is 1. The molecule has 1 aromatic rings. The second-order valence-electron chi connectivity index (χ2n) is 2.63. The lowest BCUT2D eigenvalue weighted by Gasteiger charge is -2.08. The highest BCUT2D eigenvalue weighted by Crippen LogP contribution is 2.17. The highest BCUT2D eigenvalue weighted by atomic mass is 19.1. The first-order valence-corrected chi connectivity index (χ1v) is 3.76. The number of methoxy groups -OCH3 is 1. The molecule has 0 bridgehead atoms. The van der Waals surface area contributed by atoms with E-state index in [0.717, 1.165) is 19.2 Å². The SMILES string of the molecule is COC(=O)C(O)c1cc(F)cc(F)c1. The highest BCUT2D eigenvalue weighted by Gasteiger charge is 2.19. The maximum atomic E-state index is 12.7. The van der Waals surface area contributed by atoms with E-state index in [1.807, 2.05) is 0 Å². The van der Waals surface area contributed by atoms with Crippen molar-refractivity contribution in [3.63, 3.8) is 0 Å². The van der Waals surface area contributed by atoms with Gasteiger partial charge in [-0.3, -0.25) is 0 Å². The largest absolute Gasteiger partial charge is 0.467 e. The van der Waals surface area contributed by atoms with E-state index in [4.69, 9.17) is 0 Å². The normalized spacial score (nSPS) is 12.3. The van der Waals surface area contributed by atoms with E-state index in [-0.39, 0.29) is 5.56 Å². The van der Waals surface area contributed by atoms with E-state index in [9.17, 15) is 18.7 Å². The molecule has 0 aliphatic rings. The molecule has 0 amide bonds. The molecule has 0 fully saturated rings. The van der Waals surface area contributed by atoms with Gasteiger partial charge < -0.3 is 9.84 Å². The van der Waals surface area contributed by atoms with Crippen molar-refractivity contribution in [3.05, 3.63) is 35.4 Å². The topological polar surface area (TPSA) is 46.5 Å². The zero-order valence-electron chi connectivity index (χ0n) is 7.33. The van der Waals surface area contributed by atoms with Gasteiger partial charge in [-0.1, -0.05) is 0 Å². The van der Waals surface area contributed by atoms with Crippen LogP contribution in [0.15, 0.2) is 18.2 Å². The van der Waals surface area contributed by atoms with Gasteiger partial charge in [0.1, 0.15) is 11.6 Å². The number of carbonyl (C=O) groups excluding carboxylic acids is 1. The Morgan fingerprint density at radius 3 is 2.29 bits per heavy atom. The van der Waals surface area contributed by atoms with Crippen LogP contribution < -0.4 is 0 Å². The zero-order chi connectivity index (χ0) is 10.7. The maximum absolute atomic E-state index is 12.7. The molecule has 0 aliphatic carbocycles. The van der Waals surface area contributed by atoms with Gasteiger partial charge >= 0.3 is 5.97 Å². The Labute approximate surface area is 78.9 Å². The fraction of sp³-hybridized carbons (Fsp3) is 0.222. The summed E-state index contributed by atoms with van der Waals surface area (Å²) >= 11 is 0. The lowest BCUT2D eigenvalue weighted by atomic mass is 10.1. The smallest absolute Gasteiger partial charge is 0.339 e. The Hall–Kier alpha value is -1.49. The number of aliphatic hydroxyl groups is 1. The summed E-state index contributed by atoms with van der Waals surface area (Å²) in [6, 6.07) is 2.38. The molecule has 0 heterocycles. The van der Waals surface area contributed by atoms with Gasteiger partial charge in [-0.05, 0) is 17.7 Å². The number of ether oxygens (including phenoxy) is 1.